The number of rotatable bonds is 1. The molecule has 0 radical (unpaired) electrons. The zero-order valence-corrected chi connectivity index (χ0v) is 7.56. The van der Waals surface area contributed by atoms with Crippen LogP contribution in [0.25, 0.3) is 0 Å². The minimum atomic E-state index is -0.0571. The quantitative estimate of drug-likeness (QED) is 0.634. The van der Waals surface area contributed by atoms with Crippen LogP contribution in [-0.2, 0) is 9.47 Å². The van der Waals surface area contributed by atoms with E-state index in [9.17, 15) is 0 Å². The van der Waals surface area contributed by atoms with Crippen LogP contribution in [0.3, 0.4) is 0 Å². The summed E-state index contributed by atoms with van der Waals surface area (Å²) in [4.78, 5) is 0. The van der Waals surface area contributed by atoms with E-state index in [2.05, 4.69) is 13.8 Å². The number of aliphatic hydroxyl groups is 1. The van der Waals surface area contributed by atoms with E-state index in [0.717, 1.165) is 6.42 Å². The van der Waals surface area contributed by atoms with Crippen molar-refractivity contribution >= 4 is 0 Å². The zero-order chi connectivity index (χ0) is 8.72. The van der Waals surface area contributed by atoms with Crippen molar-refractivity contribution in [2.24, 2.45) is 11.8 Å². The average molecular weight is 172 g/mol. The molecule has 2 heterocycles. The highest BCUT2D eigenvalue weighted by Gasteiger charge is 2.45. The smallest absolute Gasteiger partial charge is 0.158 e. The molecule has 3 nitrogen and oxygen atoms in total. The molecule has 0 aromatic carbocycles. The molecule has 2 aliphatic rings. The second-order valence-electron chi connectivity index (χ2n) is 3.96. The van der Waals surface area contributed by atoms with Crippen LogP contribution in [0.5, 0.6) is 0 Å². The Labute approximate surface area is 72.7 Å². The Kier molecular flexibility index (Phi) is 2.10. The summed E-state index contributed by atoms with van der Waals surface area (Å²) in [5, 5.41) is 9.03. The van der Waals surface area contributed by atoms with Crippen molar-refractivity contribution in [2.45, 2.75) is 38.8 Å². The third-order valence-corrected chi connectivity index (χ3v) is 3.05. The Balaban J connectivity index is 2.10. The Bertz CT molecular complexity index is 171. The normalized spacial score (nSPS) is 52.8. The SMILES string of the molecule is C[C@H]1[C@H]2OC(C[C@@H]2C)O[C@H]1CO. The maximum absolute atomic E-state index is 9.03. The van der Waals surface area contributed by atoms with Gasteiger partial charge in [-0.2, -0.15) is 0 Å². The van der Waals surface area contributed by atoms with Gasteiger partial charge >= 0.3 is 0 Å². The van der Waals surface area contributed by atoms with Crippen LogP contribution < -0.4 is 0 Å². The molecule has 2 rings (SSSR count). The third kappa shape index (κ3) is 1.16. The summed E-state index contributed by atoms with van der Waals surface area (Å²) in [7, 11) is 0. The highest BCUT2D eigenvalue weighted by atomic mass is 16.7. The molecule has 1 unspecified atom stereocenters. The molecule has 2 aliphatic heterocycles. The van der Waals surface area contributed by atoms with Gasteiger partial charge in [-0.1, -0.05) is 13.8 Å². The number of ether oxygens (including phenoxy) is 2. The minimum absolute atomic E-state index is 0.0151. The van der Waals surface area contributed by atoms with Crippen molar-refractivity contribution in [2.75, 3.05) is 6.61 Å². The van der Waals surface area contributed by atoms with Gasteiger partial charge in [0.25, 0.3) is 0 Å². The molecule has 2 saturated heterocycles. The molecule has 0 aromatic rings. The van der Waals surface area contributed by atoms with E-state index < -0.39 is 0 Å². The van der Waals surface area contributed by atoms with E-state index in [0.29, 0.717) is 17.9 Å². The minimum Gasteiger partial charge on any atom is -0.394 e. The van der Waals surface area contributed by atoms with E-state index in [-0.39, 0.29) is 19.0 Å². The molecule has 2 fully saturated rings. The molecular formula is C9H16O3. The summed E-state index contributed by atoms with van der Waals surface area (Å²) in [6.07, 6.45) is 1.20. The molecule has 12 heavy (non-hydrogen) atoms. The van der Waals surface area contributed by atoms with Gasteiger partial charge in [-0.15, -0.1) is 0 Å². The first-order valence-corrected chi connectivity index (χ1v) is 4.64. The van der Waals surface area contributed by atoms with Gasteiger partial charge in [-0.25, -0.2) is 0 Å². The predicted octanol–water partition coefficient (Wildman–Crippen LogP) is 0.765. The predicted molar refractivity (Wildman–Crippen MR) is 43.6 cm³/mol. The highest BCUT2D eigenvalue weighted by Crippen LogP contribution is 2.38. The Hall–Kier alpha value is -0.120. The van der Waals surface area contributed by atoms with Gasteiger partial charge in [0.1, 0.15) is 0 Å². The second kappa shape index (κ2) is 2.98. The number of fused-ring (bicyclic) bond motifs is 2. The standard InChI is InChI=1S/C9H16O3/c1-5-3-8-11-7(4-10)6(2)9(5)12-8/h5-10H,3-4H2,1-2H3/t5-,6+,7-,8?,9-/m0/s1. The van der Waals surface area contributed by atoms with Gasteiger partial charge in [0.15, 0.2) is 6.29 Å². The van der Waals surface area contributed by atoms with E-state index in [1.807, 2.05) is 0 Å². The summed E-state index contributed by atoms with van der Waals surface area (Å²) in [6, 6.07) is 0. The molecule has 2 bridgehead atoms. The highest BCUT2D eigenvalue weighted by molar-refractivity contribution is 4.88. The fourth-order valence-electron chi connectivity index (χ4n) is 2.27. The van der Waals surface area contributed by atoms with Crippen LogP contribution in [0, 0.1) is 11.8 Å². The topological polar surface area (TPSA) is 38.7 Å². The zero-order valence-electron chi connectivity index (χ0n) is 7.56. The lowest BCUT2D eigenvalue weighted by Gasteiger charge is -2.34. The van der Waals surface area contributed by atoms with E-state index >= 15 is 0 Å². The maximum Gasteiger partial charge on any atom is 0.158 e. The maximum atomic E-state index is 9.03. The summed E-state index contributed by atoms with van der Waals surface area (Å²) in [5.41, 5.74) is 0. The van der Waals surface area contributed by atoms with Crippen LogP contribution >= 0.6 is 0 Å². The summed E-state index contributed by atoms with van der Waals surface area (Å²) < 4.78 is 11.2. The van der Waals surface area contributed by atoms with Crippen molar-refractivity contribution in [1.29, 1.82) is 0 Å². The van der Waals surface area contributed by atoms with Gasteiger partial charge in [-0.05, 0) is 5.92 Å². The first-order valence-electron chi connectivity index (χ1n) is 4.64. The lowest BCUT2D eigenvalue weighted by molar-refractivity contribution is -0.240. The van der Waals surface area contributed by atoms with Crippen LogP contribution in [0.15, 0.2) is 0 Å². The lowest BCUT2D eigenvalue weighted by atomic mass is 9.90. The van der Waals surface area contributed by atoms with Gasteiger partial charge in [-0.3, -0.25) is 0 Å². The fraction of sp³-hybridized carbons (Fsp3) is 1.00. The Morgan fingerprint density at radius 1 is 1.33 bits per heavy atom. The first kappa shape index (κ1) is 8.48. The Morgan fingerprint density at radius 2 is 2.08 bits per heavy atom. The third-order valence-electron chi connectivity index (χ3n) is 3.05. The van der Waals surface area contributed by atoms with Crippen molar-refractivity contribution in [3.63, 3.8) is 0 Å². The van der Waals surface area contributed by atoms with E-state index in [1.54, 1.807) is 0 Å². The fourth-order valence-corrected chi connectivity index (χ4v) is 2.27. The molecule has 70 valence electrons. The van der Waals surface area contributed by atoms with Crippen molar-refractivity contribution < 1.29 is 14.6 Å². The van der Waals surface area contributed by atoms with Crippen molar-refractivity contribution in [3.8, 4) is 0 Å². The summed E-state index contributed by atoms with van der Waals surface area (Å²) >= 11 is 0. The number of hydrogen-bond donors (Lipinski definition) is 1. The van der Waals surface area contributed by atoms with Gasteiger partial charge in [0.05, 0.1) is 18.8 Å². The number of hydrogen-bond acceptors (Lipinski definition) is 3. The average Bonchev–Trinajstić information content (AvgIpc) is 2.37. The molecule has 0 aliphatic carbocycles. The van der Waals surface area contributed by atoms with Crippen molar-refractivity contribution in [1.82, 2.24) is 0 Å². The van der Waals surface area contributed by atoms with Gasteiger partial charge < -0.3 is 14.6 Å². The van der Waals surface area contributed by atoms with Crippen molar-refractivity contribution in [3.05, 3.63) is 0 Å². The molecular weight excluding hydrogens is 156 g/mol. The second-order valence-corrected chi connectivity index (χ2v) is 3.96. The van der Waals surface area contributed by atoms with Gasteiger partial charge in [0, 0.05) is 12.3 Å². The van der Waals surface area contributed by atoms with Crippen LogP contribution in [0.1, 0.15) is 20.3 Å². The van der Waals surface area contributed by atoms with Crippen LogP contribution in [0.4, 0.5) is 0 Å². The van der Waals surface area contributed by atoms with Gasteiger partial charge in [0.2, 0.25) is 0 Å². The molecule has 0 spiro atoms. The lowest BCUT2D eigenvalue weighted by Crippen LogP contribution is -2.42. The summed E-state index contributed by atoms with van der Waals surface area (Å²) in [6.45, 7) is 4.39. The van der Waals surface area contributed by atoms with E-state index in [4.69, 9.17) is 14.6 Å². The number of aliphatic hydroxyl groups excluding tert-OH is 1. The molecule has 0 saturated carbocycles. The van der Waals surface area contributed by atoms with Crippen LogP contribution in [0.2, 0.25) is 0 Å². The largest absolute Gasteiger partial charge is 0.394 e. The van der Waals surface area contributed by atoms with Crippen LogP contribution in [-0.4, -0.2) is 30.2 Å². The Morgan fingerprint density at radius 3 is 2.75 bits per heavy atom. The molecule has 0 amide bonds. The molecule has 1 N–H and O–H groups in total. The monoisotopic (exact) mass is 172 g/mol. The molecule has 5 atom stereocenters. The summed E-state index contributed by atoms with van der Waals surface area (Å²) in [5.74, 6) is 0.894. The first-order chi connectivity index (χ1) is 5.72. The van der Waals surface area contributed by atoms with E-state index in [1.165, 1.54) is 0 Å². The molecule has 3 heteroatoms. The molecule has 0 aromatic heterocycles.